The van der Waals surface area contributed by atoms with Crippen LogP contribution in [0.3, 0.4) is 0 Å². The zero-order valence-electron chi connectivity index (χ0n) is 33.5. The van der Waals surface area contributed by atoms with Crippen molar-refractivity contribution in [2.45, 2.75) is 33.1 Å². The molecule has 4 aromatic carbocycles. The van der Waals surface area contributed by atoms with Crippen LogP contribution >= 0.6 is 0 Å². The number of ether oxygens (including phenoxy) is 5. The number of nitrogens with one attached hydrogen (secondary N) is 3. The summed E-state index contributed by atoms with van der Waals surface area (Å²) in [7, 11) is 3.19. The first-order valence-corrected chi connectivity index (χ1v) is 19.2. The summed E-state index contributed by atoms with van der Waals surface area (Å²) >= 11 is 0. The molecule has 3 N–H and O–H groups in total. The predicted molar refractivity (Wildman–Crippen MR) is 225 cm³/mol. The summed E-state index contributed by atoms with van der Waals surface area (Å²) < 4.78 is 29.6. The van der Waals surface area contributed by atoms with Crippen molar-refractivity contribution in [1.82, 2.24) is 20.1 Å². The third kappa shape index (κ3) is 11.2. The summed E-state index contributed by atoms with van der Waals surface area (Å²) in [4.78, 5) is 31.1. The lowest BCUT2D eigenvalue weighted by molar-refractivity contribution is 0.0255. The van der Waals surface area contributed by atoms with Crippen molar-refractivity contribution in [3.8, 4) is 22.9 Å². The van der Waals surface area contributed by atoms with Gasteiger partial charge in [0.15, 0.2) is 0 Å². The summed E-state index contributed by atoms with van der Waals surface area (Å²) in [5.74, 6) is 2.27. The maximum absolute atomic E-state index is 13.5. The minimum absolute atomic E-state index is 0.177. The van der Waals surface area contributed by atoms with Crippen LogP contribution < -0.4 is 25.4 Å². The van der Waals surface area contributed by atoms with Crippen LogP contribution in [0.1, 0.15) is 52.6 Å². The van der Waals surface area contributed by atoms with E-state index in [1.54, 1.807) is 37.2 Å². The van der Waals surface area contributed by atoms with Crippen LogP contribution in [0.4, 0.5) is 16.3 Å². The largest absolute Gasteiger partial charge is 0.497 e. The number of hydrogen-bond donors (Lipinski definition) is 3. The second-order valence-corrected chi connectivity index (χ2v) is 13.9. The van der Waals surface area contributed by atoms with Crippen molar-refractivity contribution in [3.63, 3.8) is 0 Å². The van der Waals surface area contributed by atoms with Crippen LogP contribution in [-0.4, -0.2) is 80.5 Å². The van der Waals surface area contributed by atoms with Gasteiger partial charge < -0.3 is 34.3 Å². The summed E-state index contributed by atoms with van der Waals surface area (Å²) in [5, 5.41) is 15.3. The standard InChI is InChI=1S/C45H50N6O7/c1-30(2)41-29-43(51(50-41)35-12-10-31(3)11-13-35)49-45(53)48-40-14-15-42(39-9-7-6-8-38(39)40)58-36-16-17-46-34(28-36)25-32-24-33(27-37(26-32)55-5)44(52)47-18-19-56-22-23-57-21-20-54-4/h6-17,24,26-30H,18-23,25H2,1-5H3,(H,47,52)(H2,48,49,53). The van der Waals surface area contributed by atoms with Crippen molar-refractivity contribution in [2.24, 2.45) is 0 Å². The number of methoxy groups -OCH3 is 2. The van der Waals surface area contributed by atoms with E-state index in [1.807, 2.05) is 91.9 Å². The zero-order valence-corrected chi connectivity index (χ0v) is 33.5. The fourth-order valence-electron chi connectivity index (χ4n) is 6.16. The number of nitrogens with zero attached hydrogens (tertiary/aromatic N) is 3. The molecule has 0 aliphatic rings. The molecule has 13 heteroatoms. The van der Waals surface area contributed by atoms with Gasteiger partial charge >= 0.3 is 6.03 Å². The molecule has 6 rings (SSSR count). The Morgan fingerprint density at radius 2 is 1.53 bits per heavy atom. The third-order valence-electron chi connectivity index (χ3n) is 9.17. The van der Waals surface area contributed by atoms with Gasteiger partial charge in [0.2, 0.25) is 0 Å². The fourth-order valence-corrected chi connectivity index (χ4v) is 6.16. The van der Waals surface area contributed by atoms with E-state index in [-0.39, 0.29) is 11.8 Å². The number of carbonyl (C=O) groups excluding carboxylic acids is 2. The normalized spacial score (nSPS) is 11.1. The number of rotatable bonds is 19. The molecule has 302 valence electrons. The van der Waals surface area contributed by atoms with Gasteiger partial charge in [0.25, 0.3) is 5.91 Å². The number of urea groups is 1. The monoisotopic (exact) mass is 786 g/mol. The summed E-state index contributed by atoms with van der Waals surface area (Å²) in [5.41, 5.74) is 5.53. The Bertz CT molecular complexity index is 2310. The molecule has 0 spiro atoms. The fraction of sp³-hybridized carbons (Fsp3) is 0.289. The van der Waals surface area contributed by atoms with E-state index in [1.165, 1.54) is 0 Å². The lowest BCUT2D eigenvalue weighted by Crippen LogP contribution is -2.27. The second-order valence-electron chi connectivity index (χ2n) is 13.9. The molecule has 0 aliphatic carbocycles. The van der Waals surface area contributed by atoms with Gasteiger partial charge in [0.05, 0.1) is 57.2 Å². The zero-order chi connectivity index (χ0) is 40.9. The minimum atomic E-state index is -0.399. The number of hydrogen-bond acceptors (Lipinski definition) is 9. The molecule has 6 aromatic rings. The molecule has 0 radical (unpaired) electrons. The van der Waals surface area contributed by atoms with Crippen molar-refractivity contribution < 1.29 is 33.3 Å². The Morgan fingerprint density at radius 1 is 0.776 bits per heavy atom. The Morgan fingerprint density at radius 3 is 2.29 bits per heavy atom. The van der Waals surface area contributed by atoms with Crippen LogP contribution in [0.15, 0.2) is 103 Å². The van der Waals surface area contributed by atoms with Crippen LogP contribution in [0.25, 0.3) is 16.5 Å². The Balaban J connectivity index is 1.11. The molecule has 3 amide bonds. The molecular weight excluding hydrogens is 737 g/mol. The van der Waals surface area contributed by atoms with Crippen LogP contribution in [-0.2, 0) is 20.6 Å². The molecule has 0 fully saturated rings. The van der Waals surface area contributed by atoms with Crippen LogP contribution in [0.5, 0.6) is 17.2 Å². The highest BCUT2D eigenvalue weighted by Crippen LogP contribution is 2.35. The molecule has 0 saturated carbocycles. The average Bonchev–Trinajstić information content (AvgIpc) is 3.65. The van der Waals surface area contributed by atoms with E-state index in [2.05, 4.69) is 34.8 Å². The van der Waals surface area contributed by atoms with Crippen molar-refractivity contribution in [2.75, 3.05) is 64.4 Å². The van der Waals surface area contributed by atoms with Gasteiger partial charge in [0.1, 0.15) is 23.1 Å². The van der Waals surface area contributed by atoms with E-state index >= 15 is 0 Å². The molecule has 13 nitrogen and oxygen atoms in total. The van der Waals surface area contributed by atoms with E-state index in [4.69, 9.17) is 28.8 Å². The number of fused-ring (bicyclic) bond motifs is 1. The van der Waals surface area contributed by atoms with E-state index in [0.29, 0.717) is 80.3 Å². The van der Waals surface area contributed by atoms with Gasteiger partial charge in [-0.05, 0) is 66.9 Å². The quantitative estimate of drug-likeness (QED) is 0.0690. The predicted octanol–water partition coefficient (Wildman–Crippen LogP) is 8.30. The topological polar surface area (TPSA) is 147 Å². The smallest absolute Gasteiger partial charge is 0.324 e. The van der Waals surface area contributed by atoms with Gasteiger partial charge in [-0.3, -0.25) is 15.1 Å². The lowest BCUT2D eigenvalue weighted by Gasteiger charge is -2.15. The SMILES string of the molecule is COCCOCCOCCNC(=O)c1cc(Cc2cc(Oc3ccc(NC(=O)Nc4cc(C(C)C)nn4-c4ccc(C)cc4)c4ccccc34)ccn2)cc(OC)c1. The van der Waals surface area contributed by atoms with Gasteiger partial charge in [-0.1, -0.05) is 55.8 Å². The molecule has 58 heavy (non-hydrogen) atoms. The highest BCUT2D eigenvalue weighted by molar-refractivity contribution is 6.07. The number of benzene rings is 4. The number of pyridine rings is 1. The Kier molecular flexibility index (Phi) is 14.4. The first-order chi connectivity index (χ1) is 28.2. The number of carbonyl (C=O) groups is 2. The highest BCUT2D eigenvalue weighted by Gasteiger charge is 2.17. The maximum atomic E-state index is 13.5. The number of amides is 3. The summed E-state index contributed by atoms with van der Waals surface area (Å²) in [6, 6.07) is 29.9. The van der Waals surface area contributed by atoms with Gasteiger partial charge in [-0.25, -0.2) is 9.48 Å². The van der Waals surface area contributed by atoms with Crippen LogP contribution in [0, 0.1) is 6.92 Å². The molecule has 0 aliphatic heterocycles. The first kappa shape index (κ1) is 41.4. The molecule has 2 aromatic heterocycles. The summed E-state index contributed by atoms with van der Waals surface area (Å²) in [6.07, 6.45) is 2.12. The van der Waals surface area contributed by atoms with Crippen LogP contribution in [0.2, 0.25) is 0 Å². The van der Waals surface area contributed by atoms with E-state index in [9.17, 15) is 9.59 Å². The Hall–Kier alpha value is -6.28. The van der Waals surface area contributed by atoms with Gasteiger partial charge in [-0.15, -0.1) is 0 Å². The lowest BCUT2D eigenvalue weighted by atomic mass is 10.0. The molecule has 2 heterocycles. The van der Waals surface area contributed by atoms with E-state index < -0.39 is 6.03 Å². The number of anilines is 2. The second kappa shape index (κ2) is 20.2. The number of aryl methyl sites for hydroxylation is 1. The molecule has 0 unspecified atom stereocenters. The average molecular weight is 787 g/mol. The Labute approximate surface area is 338 Å². The first-order valence-electron chi connectivity index (χ1n) is 19.2. The highest BCUT2D eigenvalue weighted by atomic mass is 16.5. The minimum Gasteiger partial charge on any atom is -0.497 e. The molecule has 0 atom stereocenters. The van der Waals surface area contributed by atoms with Crippen molar-refractivity contribution >= 4 is 34.2 Å². The van der Waals surface area contributed by atoms with Gasteiger partial charge in [0, 0.05) is 60.4 Å². The molecular formula is C45H50N6O7. The van der Waals surface area contributed by atoms with E-state index in [0.717, 1.165) is 39.0 Å². The number of aromatic nitrogens is 3. The molecule has 0 bridgehead atoms. The maximum Gasteiger partial charge on any atom is 0.324 e. The summed E-state index contributed by atoms with van der Waals surface area (Å²) in [6.45, 7) is 8.81. The van der Waals surface area contributed by atoms with Crippen molar-refractivity contribution in [3.05, 3.63) is 131 Å². The van der Waals surface area contributed by atoms with Gasteiger partial charge in [-0.2, -0.15) is 5.10 Å². The third-order valence-corrected chi connectivity index (χ3v) is 9.17. The van der Waals surface area contributed by atoms with Crippen molar-refractivity contribution in [1.29, 1.82) is 0 Å². The molecule has 0 saturated heterocycles.